The normalized spacial score (nSPS) is 25.3. The van der Waals surface area contributed by atoms with Gasteiger partial charge in [-0.05, 0) is 55.7 Å². The van der Waals surface area contributed by atoms with Crippen molar-refractivity contribution in [2.45, 2.75) is 32.6 Å². The summed E-state index contributed by atoms with van der Waals surface area (Å²) in [6.07, 6.45) is 6.62. The van der Waals surface area contributed by atoms with Crippen LogP contribution >= 0.6 is 0 Å². The minimum Gasteiger partial charge on any atom is -0.491 e. The van der Waals surface area contributed by atoms with Crippen molar-refractivity contribution in [2.24, 2.45) is 11.8 Å². The molecule has 0 saturated heterocycles. The molecule has 3 rings (SSSR count). The molecule has 102 valence electrons. The highest BCUT2D eigenvalue weighted by Crippen LogP contribution is 2.48. The summed E-state index contributed by atoms with van der Waals surface area (Å²) in [5, 5.41) is 0. The topological polar surface area (TPSA) is 9.23 Å². The van der Waals surface area contributed by atoms with Gasteiger partial charge in [-0.3, -0.25) is 0 Å². The molecule has 0 bridgehead atoms. The molecule has 0 spiro atoms. The number of rotatable bonds is 3. The fourth-order valence-corrected chi connectivity index (χ4v) is 3.49. The van der Waals surface area contributed by atoms with E-state index in [1.54, 1.807) is 19.1 Å². The minimum atomic E-state index is -0.860. The monoisotopic (exact) mass is 264 g/mol. The van der Waals surface area contributed by atoms with Gasteiger partial charge in [0.2, 0.25) is 5.82 Å². The summed E-state index contributed by atoms with van der Waals surface area (Å²) in [6, 6.07) is 3.20. The zero-order valence-corrected chi connectivity index (χ0v) is 11.1. The van der Waals surface area contributed by atoms with Crippen molar-refractivity contribution in [3.05, 3.63) is 35.4 Å². The van der Waals surface area contributed by atoms with Crippen LogP contribution in [0.5, 0.6) is 5.75 Å². The van der Waals surface area contributed by atoms with Gasteiger partial charge >= 0.3 is 0 Å². The zero-order valence-electron chi connectivity index (χ0n) is 11.1. The van der Waals surface area contributed by atoms with Crippen molar-refractivity contribution in [1.82, 2.24) is 0 Å². The lowest BCUT2D eigenvalue weighted by molar-refractivity contribution is 0.314. The van der Waals surface area contributed by atoms with E-state index < -0.39 is 11.6 Å². The Morgan fingerprint density at radius 3 is 2.84 bits per heavy atom. The molecular formula is C16H18F2O. The van der Waals surface area contributed by atoms with E-state index in [0.29, 0.717) is 24.0 Å². The maximum absolute atomic E-state index is 14.2. The molecule has 1 saturated carbocycles. The third-order valence-corrected chi connectivity index (χ3v) is 4.36. The van der Waals surface area contributed by atoms with E-state index >= 15 is 0 Å². The predicted molar refractivity (Wildman–Crippen MR) is 71.0 cm³/mol. The Hall–Kier alpha value is -1.38. The van der Waals surface area contributed by atoms with E-state index in [2.05, 4.69) is 6.08 Å². The number of allylic oxidation sites excluding steroid dienone is 2. The fraction of sp³-hybridized carbons (Fsp3) is 0.500. The second kappa shape index (κ2) is 4.95. The maximum atomic E-state index is 14.2. The van der Waals surface area contributed by atoms with Gasteiger partial charge in [-0.15, -0.1) is 0 Å². The summed E-state index contributed by atoms with van der Waals surface area (Å²) < 4.78 is 33.2. The SMILES string of the molecule is CCOc1ccc(C2=CCC3CCCC23)c(F)c1F. The van der Waals surface area contributed by atoms with Crippen LogP contribution in [0, 0.1) is 23.5 Å². The molecule has 0 amide bonds. The number of hydrogen-bond donors (Lipinski definition) is 0. The van der Waals surface area contributed by atoms with Crippen LogP contribution in [0.1, 0.15) is 38.2 Å². The van der Waals surface area contributed by atoms with Crippen LogP contribution in [-0.2, 0) is 0 Å². The minimum absolute atomic E-state index is 0.00492. The van der Waals surface area contributed by atoms with Gasteiger partial charge in [0.15, 0.2) is 11.6 Å². The van der Waals surface area contributed by atoms with Crippen molar-refractivity contribution in [1.29, 1.82) is 0 Å². The van der Waals surface area contributed by atoms with Crippen LogP contribution < -0.4 is 4.74 Å². The Labute approximate surface area is 112 Å². The molecule has 3 heteroatoms. The van der Waals surface area contributed by atoms with Crippen molar-refractivity contribution in [3.8, 4) is 5.75 Å². The number of benzene rings is 1. The summed E-state index contributed by atoms with van der Waals surface area (Å²) in [7, 11) is 0. The Balaban J connectivity index is 1.95. The molecule has 1 nitrogen and oxygen atoms in total. The van der Waals surface area contributed by atoms with Gasteiger partial charge < -0.3 is 4.74 Å². The molecule has 0 aromatic heterocycles. The third-order valence-electron chi connectivity index (χ3n) is 4.36. The summed E-state index contributed by atoms with van der Waals surface area (Å²) in [4.78, 5) is 0. The van der Waals surface area contributed by atoms with Gasteiger partial charge in [-0.1, -0.05) is 12.5 Å². The van der Waals surface area contributed by atoms with E-state index in [0.717, 1.165) is 18.4 Å². The average Bonchev–Trinajstić information content (AvgIpc) is 2.99. The van der Waals surface area contributed by atoms with Gasteiger partial charge in [-0.2, -0.15) is 4.39 Å². The lowest BCUT2D eigenvalue weighted by Crippen LogP contribution is -2.06. The summed E-state index contributed by atoms with van der Waals surface area (Å²) in [6.45, 7) is 2.09. The fourth-order valence-electron chi connectivity index (χ4n) is 3.49. The predicted octanol–water partition coefficient (Wildman–Crippen LogP) is 4.57. The van der Waals surface area contributed by atoms with E-state index in [-0.39, 0.29) is 5.75 Å². The smallest absolute Gasteiger partial charge is 0.201 e. The molecule has 19 heavy (non-hydrogen) atoms. The number of ether oxygens (including phenoxy) is 1. The van der Waals surface area contributed by atoms with Gasteiger partial charge in [-0.25, -0.2) is 4.39 Å². The zero-order chi connectivity index (χ0) is 13.4. The van der Waals surface area contributed by atoms with E-state index in [9.17, 15) is 8.78 Å². The molecule has 0 N–H and O–H groups in total. The molecule has 0 radical (unpaired) electrons. The van der Waals surface area contributed by atoms with E-state index in [1.807, 2.05) is 0 Å². The van der Waals surface area contributed by atoms with Crippen molar-refractivity contribution >= 4 is 5.57 Å². The Bertz CT molecular complexity index is 522. The highest BCUT2D eigenvalue weighted by molar-refractivity contribution is 5.71. The van der Waals surface area contributed by atoms with Gasteiger partial charge in [0.05, 0.1) is 6.61 Å². The number of fused-ring (bicyclic) bond motifs is 1. The quantitative estimate of drug-likeness (QED) is 0.777. The third kappa shape index (κ3) is 2.05. The van der Waals surface area contributed by atoms with Crippen molar-refractivity contribution < 1.29 is 13.5 Å². The van der Waals surface area contributed by atoms with Crippen LogP contribution in [0.3, 0.4) is 0 Å². The molecule has 0 aliphatic heterocycles. The van der Waals surface area contributed by atoms with Crippen LogP contribution in [-0.4, -0.2) is 6.61 Å². The van der Waals surface area contributed by atoms with Crippen LogP contribution in [0.4, 0.5) is 8.78 Å². The summed E-state index contributed by atoms with van der Waals surface area (Å²) >= 11 is 0. The first-order valence-corrected chi connectivity index (χ1v) is 7.03. The van der Waals surface area contributed by atoms with Gasteiger partial charge in [0.1, 0.15) is 0 Å². The lowest BCUT2D eigenvalue weighted by Gasteiger charge is -2.16. The van der Waals surface area contributed by atoms with Crippen LogP contribution in [0.15, 0.2) is 18.2 Å². The molecule has 2 aliphatic carbocycles. The highest BCUT2D eigenvalue weighted by Gasteiger charge is 2.35. The molecule has 0 heterocycles. The maximum Gasteiger partial charge on any atom is 0.201 e. The Morgan fingerprint density at radius 1 is 1.21 bits per heavy atom. The molecule has 1 aromatic carbocycles. The van der Waals surface area contributed by atoms with Crippen LogP contribution in [0.25, 0.3) is 5.57 Å². The number of halogens is 2. The van der Waals surface area contributed by atoms with Gasteiger partial charge in [0, 0.05) is 5.56 Å². The van der Waals surface area contributed by atoms with Gasteiger partial charge in [0.25, 0.3) is 0 Å². The Kier molecular flexibility index (Phi) is 3.29. The molecule has 1 fully saturated rings. The lowest BCUT2D eigenvalue weighted by atomic mass is 9.90. The first-order valence-electron chi connectivity index (χ1n) is 7.03. The standard InChI is InChI=1S/C16H18F2O/c1-2-19-14-9-8-13(15(17)16(14)18)12-7-6-10-4-3-5-11(10)12/h7-11H,2-6H2,1H3. The molecule has 2 aliphatic rings. The molecule has 2 atom stereocenters. The average molecular weight is 264 g/mol. The van der Waals surface area contributed by atoms with E-state index in [4.69, 9.17) is 4.74 Å². The van der Waals surface area contributed by atoms with Crippen LogP contribution in [0.2, 0.25) is 0 Å². The van der Waals surface area contributed by atoms with Crippen molar-refractivity contribution in [3.63, 3.8) is 0 Å². The van der Waals surface area contributed by atoms with E-state index in [1.165, 1.54) is 12.8 Å². The summed E-state index contributed by atoms with van der Waals surface area (Å²) in [5.41, 5.74) is 1.43. The van der Waals surface area contributed by atoms with Crippen molar-refractivity contribution in [2.75, 3.05) is 6.61 Å². The molecule has 2 unspecified atom stereocenters. The number of hydrogen-bond acceptors (Lipinski definition) is 1. The highest BCUT2D eigenvalue weighted by atomic mass is 19.2. The summed E-state index contributed by atoms with van der Waals surface area (Å²) in [5.74, 6) is -0.548. The second-order valence-corrected chi connectivity index (χ2v) is 5.36. The first-order chi connectivity index (χ1) is 9.22. The largest absolute Gasteiger partial charge is 0.491 e. The molecule has 1 aromatic rings. The first kappa shape index (κ1) is 12.6. The Morgan fingerprint density at radius 2 is 2.05 bits per heavy atom. The second-order valence-electron chi connectivity index (χ2n) is 5.36. The molecular weight excluding hydrogens is 246 g/mol.